The highest BCUT2D eigenvalue weighted by atomic mass is 35.5. The molecule has 11 bridgehead atoms. The second-order valence-corrected chi connectivity index (χ2v) is 29.0. The molecule has 0 saturated carbocycles. The molecular weight excluding hydrogens is 1500 g/mol. The van der Waals surface area contributed by atoms with Crippen LogP contribution in [-0.2, 0) is 57.2 Å². The molecule has 7 amide bonds. The number of amides is 7. The molecule has 23 atom stereocenters. The van der Waals surface area contributed by atoms with Crippen molar-refractivity contribution in [2.24, 2.45) is 17.4 Å². The molecule has 8 aliphatic rings. The zero-order chi connectivity index (χ0) is 80.0. The summed E-state index contributed by atoms with van der Waals surface area (Å²) in [4.78, 5) is 105. The maximum absolute atomic E-state index is 16.3. The summed E-state index contributed by atoms with van der Waals surface area (Å²) in [7, 11) is 1.46. The van der Waals surface area contributed by atoms with E-state index in [2.05, 4.69) is 37.2 Å². The number of benzene rings is 5. The van der Waals surface area contributed by atoms with Gasteiger partial charge in [-0.1, -0.05) is 55.2 Å². The van der Waals surface area contributed by atoms with E-state index < -0.39 is 279 Å². The van der Waals surface area contributed by atoms with E-state index in [0.29, 0.717) is 0 Å². The molecule has 110 heavy (non-hydrogen) atoms. The molecule has 3 fully saturated rings. The van der Waals surface area contributed by atoms with Gasteiger partial charge in [0.1, 0.15) is 120 Å². The molecule has 37 nitrogen and oxygen atoms in total. The minimum atomic E-state index is -2.38. The number of nitrogens with one attached hydrogen (secondary N) is 7. The van der Waals surface area contributed by atoms with Gasteiger partial charge in [-0.15, -0.1) is 0 Å². The Morgan fingerprint density at radius 1 is 0.645 bits per heavy atom. The van der Waals surface area contributed by atoms with Gasteiger partial charge in [-0.05, 0) is 110 Å². The summed E-state index contributed by atoms with van der Waals surface area (Å²) in [6.45, 7) is 4.55. The van der Waals surface area contributed by atoms with Crippen molar-refractivity contribution in [3.63, 3.8) is 0 Å². The Balaban J connectivity index is 1.15. The number of rotatable bonds is 15. The molecule has 0 aliphatic carbocycles. The fraction of sp³-hybridized carbons (Fsp3) is 0.479. The first kappa shape index (κ1) is 82.1. The van der Waals surface area contributed by atoms with Crippen molar-refractivity contribution in [3.8, 4) is 57.1 Å². The molecule has 5 aromatic rings. The molecule has 3 saturated heterocycles. The number of aliphatic hydroxyl groups excluding tert-OH is 10. The third-order valence-electron chi connectivity index (χ3n) is 19.6. The molecule has 13 rings (SSSR count). The molecule has 5 aromatic carbocycles. The minimum Gasteiger partial charge on any atom is -0.508 e. The second kappa shape index (κ2) is 33.6. The first-order valence-electron chi connectivity index (χ1n) is 34.7. The number of phenolic OH excluding ortho intramolecular Hbond substituents is 3. The van der Waals surface area contributed by atoms with Crippen molar-refractivity contribution in [3.05, 3.63) is 117 Å². The number of hydrogen-bond acceptors (Lipinski definition) is 30. The van der Waals surface area contributed by atoms with Gasteiger partial charge in [0.15, 0.2) is 30.3 Å². The van der Waals surface area contributed by atoms with Gasteiger partial charge >= 0.3 is 0 Å². The van der Waals surface area contributed by atoms with Crippen molar-refractivity contribution < 1.29 is 138 Å². The number of hydrogen-bond donors (Lipinski definition) is 22. The minimum absolute atomic E-state index is 0.115. The normalized spacial score (nSPS) is 32.3. The lowest BCUT2D eigenvalue weighted by molar-refractivity contribution is -0.352. The van der Waals surface area contributed by atoms with Gasteiger partial charge < -0.3 is 153 Å². The third kappa shape index (κ3) is 17.3. The van der Waals surface area contributed by atoms with E-state index in [1.165, 1.54) is 45.2 Å². The van der Waals surface area contributed by atoms with Crippen LogP contribution >= 0.6 is 23.2 Å². The summed E-state index contributed by atoms with van der Waals surface area (Å²) in [5, 5.41) is 164. The Bertz CT molecular complexity index is 4310. The monoisotopic (exact) mass is 1580 g/mol. The molecule has 0 aromatic heterocycles. The summed E-state index contributed by atoms with van der Waals surface area (Å²) in [5.74, 6) is -14.2. The van der Waals surface area contributed by atoms with Crippen molar-refractivity contribution in [2.45, 2.75) is 187 Å². The lowest BCUT2D eigenvalue weighted by Crippen LogP contribution is -2.65. The average Bonchev–Trinajstić information content (AvgIpc) is 0.680. The molecule has 8 heterocycles. The van der Waals surface area contributed by atoms with E-state index in [1.54, 1.807) is 0 Å². The Hall–Kier alpha value is -8.91. The van der Waals surface area contributed by atoms with Crippen LogP contribution in [0.5, 0.6) is 46.0 Å². The Morgan fingerprint density at radius 3 is 1.86 bits per heavy atom. The molecule has 0 radical (unpaired) electrons. The smallest absolute Gasteiger partial charge is 0.248 e. The Kier molecular flexibility index (Phi) is 25.0. The SMILES string of the molecule is CN[C@H](CC(C)C)C(=O)NC1C(=O)N[C@@H](CC(N)=O)C(=O)N[C@H]2C(=O)N[C@@H]3C(=O)N[C@H](C(=O)N[C@@H](O)c4cc(O)cc(O)c4-c4cc3ccc4O)[C@H](O[C@H]3C[C@](C)(N)[C@@H](O)[C@H](C)O3)c3ccc(c(Cl)c3)Oc3cc2cc(c3O[C@@H]2O[C@H](CO)[C@@H](O[C@@H]3O[C@H](CO)[C@H](O)[C@H](O)[C@H]3O)[C@H](O)[C@H]2O)Oc2ccc(cc2Cl)[C@H]1O. The zero-order valence-corrected chi connectivity index (χ0v) is 60.7. The molecule has 596 valence electrons. The number of likely N-dealkylation sites (N-methyl/N-ethyl adjacent to an activating group) is 1. The average molecular weight is 1580 g/mol. The van der Waals surface area contributed by atoms with Gasteiger partial charge in [0.05, 0.1) is 47.9 Å². The van der Waals surface area contributed by atoms with E-state index in [0.717, 1.165) is 54.6 Å². The number of fused-ring (bicyclic) bond motifs is 15. The van der Waals surface area contributed by atoms with Crippen LogP contribution in [0.25, 0.3) is 11.1 Å². The number of halogens is 2. The van der Waals surface area contributed by atoms with Crippen LogP contribution in [-0.4, -0.2) is 238 Å². The fourth-order valence-corrected chi connectivity index (χ4v) is 14.2. The maximum Gasteiger partial charge on any atom is 0.248 e. The largest absolute Gasteiger partial charge is 0.508 e. The number of ether oxygens (including phenoxy) is 8. The number of carbonyl (C=O) groups excluding carboxylic acids is 7. The van der Waals surface area contributed by atoms with Gasteiger partial charge in [0.25, 0.3) is 0 Å². The first-order chi connectivity index (χ1) is 52.0. The predicted octanol–water partition coefficient (Wildman–Crippen LogP) is -2.20. The van der Waals surface area contributed by atoms with Crippen molar-refractivity contribution in [1.82, 2.24) is 37.2 Å². The van der Waals surface area contributed by atoms with Gasteiger partial charge in [0, 0.05) is 34.7 Å². The Morgan fingerprint density at radius 2 is 1.25 bits per heavy atom. The number of phenols is 3. The van der Waals surface area contributed by atoms with E-state index in [9.17, 15) is 80.8 Å². The zero-order valence-electron chi connectivity index (χ0n) is 59.2. The lowest BCUT2D eigenvalue weighted by atomic mass is 9.86. The molecule has 1 unspecified atom stereocenters. The summed E-state index contributed by atoms with van der Waals surface area (Å²) in [5.41, 5.74) is 8.44. The van der Waals surface area contributed by atoms with Crippen LogP contribution in [0.3, 0.4) is 0 Å². The summed E-state index contributed by atoms with van der Waals surface area (Å²) in [6.07, 6.45) is -31.4. The van der Waals surface area contributed by atoms with Crippen LogP contribution in [0.4, 0.5) is 0 Å². The molecule has 24 N–H and O–H groups in total. The quantitative estimate of drug-likeness (QED) is 0.0529. The summed E-state index contributed by atoms with van der Waals surface area (Å²) in [6, 6.07) is 1.95. The molecule has 39 heteroatoms. The van der Waals surface area contributed by atoms with Crippen LogP contribution in [0, 0.1) is 5.92 Å². The second-order valence-electron chi connectivity index (χ2n) is 28.2. The molecule has 8 aliphatic heterocycles. The van der Waals surface area contributed by atoms with Crippen molar-refractivity contribution in [2.75, 3.05) is 20.3 Å². The van der Waals surface area contributed by atoms with Crippen molar-refractivity contribution >= 4 is 64.6 Å². The van der Waals surface area contributed by atoms with Gasteiger partial charge in [0.2, 0.25) is 53.4 Å². The Labute approximate surface area is 635 Å². The first-order valence-corrected chi connectivity index (χ1v) is 35.4. The van der Waals surface area contributed by atoms with E-state index in [1.807, 2.05) is 13.8 Å². The number of carbonyl (C=O) groups is 7. The van der Waals surface area contributed by atoms with Crippen molar-refractivity contribution in [1.29, 1.82) is 0 Å². The van der Waals surface area contributed by atoms with Gasteiger partial charge in [-0.2, -0.15) is 0 Å². The standard InChI is InChI=1S/C71H85Cl2N9O28/c1-24(2)12-35(76-5)63(97)80-50-52(89)27-7-10-39(33(72)14-27)104-41-16-29-17-42(59(41)109-70-57(94)55(92)60(44(23-84)107-70)110-69-56(93)54(91)53(90)43(22-83)106-69)105-40-11-8-28(15-34(40)73)58(108-46-21-71(4,75)61(95)25(3)103-46)51-68(102)82-62(96)32-18-30(85)19-38(87)47(32)31-13-26(6-9-37(31)86)48(65(99)81-51)79-66(100)49(29)78-64(98)36(20-45(74)88)77-67(50)101/h6-11,13-19,24-25,35-36,43-44,46,48-58,60-62,69-70,76,83-87,89-96H,12,20-23,75H2,1-5H3,(H2,74,88)(H,77,101)(H,78,98)(H,79,100)(H,80,97)(H,81,99)(H,82,102)/t25-,35+,36-,43+,44+,46-,48-,49+,50?,51-,52+,53-,54-,55+,56+,57+,58+,60+,61-,62-,69-,70-,71-/m0/s1. The third-order valence-corrected chi connectivity index (χ3v) is 20.2. The number of primary amides is 1. The molecule has 0 spiro atoms. The predicted molar refractivity (Wildman–Crippen MR) is 377 cm³/mol. The number of aliphatic hydroxyl groups is 10. The van der Waals surface area contributed by atoms with E-state index in [-0.39, 0.29) is 35.4 Å². The van der Waals surface area contributed by atoms with E-state index in [4.69, 9.17) is 72.6 Å². The maximum atomic E-state index is 16.3. The summed E-state index contributed by atoms with van der Waals surface area (Å²) >= 11 is 14.3. The van der Waals surface area contributed by atoms with Crippen LogP contribution in [0.2, 0.25) is 10.0 Å². The van der Waals surface area contributed by atoms with Gasteiger partial charge in [-0.3, -0.25) is 33.6 Å². The topological polar surface area (TPSA) is 593 Å². The highest BCUT2D eigenvalue weighted by Crippen LogP contribution is 2.50. The fourth-order valence-electron chi connectivity index (χ4n) is 13.8. The highest BCUT2D eigenvalue weighted by Gasteiger charge is 2.53. The highest BCUT2D eigenvalue weighted by molar-refractivity contribution is 6.32. The number of nitrogens with two attached hydrogens (primary N) is 2. The van der Waals surface area contributed by atoms with Crippen LogP contribution in [0.1, 0.15) is 105 Å². The van der Waals surface area contributed by atoms with E-state index >= 15 is 19.2 Å². The summed E-state index contributed by atoms with van der Waals surface area (Å²) < 4.78 is 49.9. The van der Waals surface area contributed by atoms with Gasteiger partial charge in [-0.25, -0.2) is 0 Å². The van der Waals surface area contributed by atoms with Crippen LogP contribution in [0.15, 0.2) is 78.9 Å². The molecular formula is C71H85Cl2N9O28. The number of aromatic hydroxyl groups is 3. The van der Waals surface area contributed by atoms with Crippen LogP contribution < -0.4 is 62.9 Å². The lowest BCUT2D eigenvalue weighted by Gasteiger charge is -2.45.